The molecule has 204 valence electrons. The molecule has 0 bridgehead atoms. The number of carbonyl (C=O) groups is 2. The molecular formula is C29H38N4O5. The number of aliphatic hydroxyl groups excluding tert-OH is 1. The molecule has 3 heterocycles. The van der Waals surface area contributed by atoms with Crippen LogP contribution >= 0.6 is 0 Å². The van der Waals surface area contributed by atoms with Gasteiger partial charge in [0.25, 0.3) is 5.91 Å². The Morgan fingerprint density at radius 1 is 1.21 bits per heavy atom. The lowest BCUT2D eigenvalue weighted by atomic mass is 9.99. The van der Waals surface area contributed by atoms with Crippen LogP contribution in [0.4, 0.5) is 0 Å². The summed E-state index contributed by atoms with van der Waals surface area (Å²) in [4.78, 5) is 36.6. The largest absolute Gasteiger partial charge is 0.472 e. The molecule has 1 fully saturated rings. The van der Waals surface area contributed by atoms with Crippen molar-refractivity contribution in [1.29, 1.82) is 0 Å². The van der Waals surface area contributed by atoms with Crippen LogP contribution in [-0.4, -0.2) is 108 Å². The first-order valence-corrected chi connectivity index (χ1v) is 13.2. The Balaban J connectivity index is 1.56. The van der Waals surface area contributed by atoms with Gasteiger partial charge in [-0.25, -0.2) is 4.98 Å². The average molecular weight is 523 g/mol. The zero-order valence-corrected chi connectivity index (χ0v) is 22.5. The number of nitrogens with zero attached hydrogens (tertiary/aromatic N) is 4. The van der Waals surface area contributed by atoms with Gasteiger partial charge in [-0.05, 0) is 24.1 Å². The van der Waals surface area contributed by atoms with Crippen molar-refractivity contribution in [2.24, 2.45) is 5.92 Å². The van der Waals surface area contributed by atoms with Crippen LogP contribution in [0.3, 0.4) is 0 Å². The minimum atomic E-state index is -0.382. The number of hydrogen-bond donors (Lipinski definition) is 1. The maximum Gasteiger partial charge on any atom is 0.259 e. The van der Waals surface area contributed by atoms with Crippen LogP contribution < -0.4 is 4.74 Å². The number of benzene rings is 1. The van der Waals surface area contributed by atoms with Crippen molar-refractivity contribution >= 4 is 24.0 Å². The summed E-state index contributed by atoms with van der Waals surface area (Å²) in [5, 5.41) is 9.89. The number of rotatable bonds is 8. The first kappa shape index (κ1) is 27.8. The predicted molar refractivity (Wildman–Crippen MR) is 146 cm³/mol. The highest BCUT2D eigenvalue weighted by Gasteiger charge is 2.34. The molecule has 1 saturated heterocycles. The smallest absolute Gasteiger partial charge is 0.259 e. The predicted octanol–water partition coefficient (Wildman–Crippen LogP) is 2.26. The molecule has 9 nitrogen and oxygen atoms in total. The number of ether oxygens (including phenoxy) is 2. The highest BCUT2D eigenvalue weighted by Crippen LogP contribution is 2.28. The molecule has 0 spiro atoms. The van der Waals surface area contributed by atoms with Gasteiger partial charge in [0, 0.05) is 38.8 Å². The summed E-state index contributed by atoms with van der Waals surface area (Å²) in [6, 6.07) is 11.3. The molecule has 0 saturated carbocycles. The van der Waals surface area contributed by atoms with Crippen LogP contribution in [0.5, 0.6) is 5.88 Å². The molecule has 1 N–H and O–H groups in total. The maximum absolute atomic E-state index is 13.6. The Morgan fingerprint density at radius 3 is 2.63 bits per heavy atom. The number of pyridine rings is 1. The number of aromatic nitrogens is 1. The van der Waals surface area contributed by atoms with Crippen molar-refractivity contribution < 1.29 is 24.2 Å². The van der Waals surface area contributed by atoms with E-state index in [2.05, 4.69) is 9.88 Å². The van der Waals surface area contributed by atoms with E-state index in [0.717, 1.165) is 24.2 Å². The fraction of sp³-hybridized carbons (Fsp3) is 0.483. The van der Waals surface area contributed by atoms with Gasteiger partial charge in [-0.15, -0.1) is 0 Å². The Labute approximate surface area is 224 Å². The molecule has 2 amide bonds. The Kier molecular flexibility index (Phi) is 9.49. The summed E-state index contributed by atoms with van der Waals surface area (Å²) in [5.41, 5.74) is 2.15. The summed E-state index contributed by atoms with van der Waals surface area (Å²) in [7, 11) is 1.78. The monoisotopic (exact) mass is 522 g/mol. The molecule has 2 aromatic rings. The van der Waals surface area contributed by atoms with E-state index < -0.39 is 0 Å². The van der Waals surface area contributed by atoms with Crippen LogP contribution in [-0.2, 0) is 9.53 Å². The molecule has 4 rings (SSSR count). The van der Waals surface area contributed by atoms with Crippen molar-refractivity contribution in [3.63, 3.8) is 0 Å². The molecule has 0 aliphatic carbocycles. The molecular weight excluding hydrogens is 484 g/mol. The normalized spacial score (nSPS) is 21.4. The molecule has 1 aromatic heterocycles. The number of likely N-dealkylation sites (N-methyl/N-ethyl adjacent to an activating group) is 1. The second-order valence-corrected chi connectivity index (χ2v) is 10.2. The van der Waals surface area contributed by atoms with Crippen LogP contribution in [0.15, 0.2) is 42.6 Å². The van der Waals surface area contributed by atoms with Gasteiger partial charge >= 0.3 is 0 Å². The Bertz CT molecular complexity index is 1120. The lowest BCUT2D eigenvalue weighted by Crippen LogP contribution is -2.51. The summed E-state index contributed by atoms with van der Waals surface area (Å²) in [6.45, 7) is 7.50. The SMILES string of the molecule is C[C@H]1CN([C@@H](C)CO)C(=O)c2cc(/C=C/c3ccccc3)cnc2O[C@@H]1CN(C)C(=O)CN1CCOCC1. The number of fused-ring (bicyclic) bond motifs is 1. The third-order valence-corrected chi connectivity index (χ3v) is 7.15. The molecule has 2 aliphatic rings. The van der Waals surface area contributed by atoms with Crippen molar-refractivity contribution in [3.8, 4) is 5.88 Å². The van der Waals surface area contributed by atoms with Crippen molar-refractivity contribution in [2.75, 3.05) is 59.6 Å². The van der Waals surface area contributed by atoms with Gasteiger partial charge in [-0.2, -0.15) is 0 Å². The number of hydrogen-bond acceptors (Lipinski definition) is 7. The quantitative estimate of drug-likeness (QED) is 0.568. The van der Waals surface area contributed by atoms with E-state index in [1.807, 2.05) is 56.3 Å². The lowest BCUT2D eigenvalue weighted by molar-refractivity contribution is -0.133. The Morgan fingerprint density at radius 2 is 1.92 bits per heavy atom. The highest BCUT2D eigenvalue weighted by atomic mass is 16.5. The van der Waals surface area contributed by atoms with Gasteiger partial charge in [0.05, 0.1) is 39.0 Å². The van der Waals surface area contributed by atoms with E-state index >= 15 is 0 Å². The van der Waals surface area contributed by atoms with Crippen LogP contribution in [0.25, 0.3) is 12.2 Å². The zero-order chi connectivity index (χ0) is 27.1. The first-order valence-electron chi connectivity index (χ1n) is 13.2. The van der Waals surface area contributed by atoms with Gasteiger partial charge in [-0.1, -0.05) is 49.4 Å². The van der Waals surface area contributed by atoms with Gasteiger partial charge in [-0.3, -0.25) is 14.5 Å². The maximum atomic E-state index is 13.6. The van der Waals surface area contributed by atoms with Crippen molar-refractivity contribution in [1.82, 2.24) is 19.7 Å². The number of aliphatic hydroxyl groups is 1. The van der Waals surface area contributed by atoms with E-state index in [9.17, 15) is 14.7 Å². The van der Waals surface area contributed by atoms with Gasteiger partial charge in [0.1, 0.15) is 11.7 Å². The third-order valence-electron chi connectivity index (χ3n) is 7.15. The van der Waals surface area contributed by atoms with E-state index in [-0.39, 0.29) is 42.4 Å². The van der Waals surface area contributed by atoms with E-state index in [0.29, 0.717) is 38.4 Å². The van der Waals surface area contributed by atoms with Gasteiger partial charge in [0.15, 0.2) is 0 Å². The van der Waals surface area contributed by atoms with E-state index in [1.165, 1.54) is 0 Å². The standard InChI is InChI=1S/C29H38N4O5/c1-21-17-33(22(2)20-34)29(36)25-15-24(10-9-23-7-5-4-6-8-23)16-30-28(25)38-26(21)18-31(3)27(35)19-32-11-13-37-14-12-32/h4-10,15-16,21-22,26,34H,11-14,17-20H2,1-3H3/b10-9+/t21-,22-,26+/m0/s1. The van der Waals surface area contributed by atoms with Gasteiger partial charge < -0.3 is 24.4 Å². The topological polar surface area (TPSA) is 95.4 Å². The minimum absolute atomic E-state index is 0.0102. The fourth-order valence-corrected chi connectivity index (χ4v) is 4.63. The molecule has 2 aliphatic heterocycles. The van der Waals surface area contributed by atoms with Crippen molar-refractivity contribution in [3.05, 3.63) is 59.3 Å². The number of carbonyl (C=O) groups excluding carboxylic acids is 2. The van der Waals surface area contributed by atoms with E-state index in [1.54, 1.807) is 29.1 Å². The Hall–Kier alpha value is -3.27. The third kappa shape index (κ3) is 6.98. The number of amides is 2. The summed E-state index contributed by atoms with van der Waals surface area (Å²) < 4.78 is 11.7. The molecule has 38 heavy (non-hydrogen) atoms. The number of morpholine rings is 1. The second kappa shape index (κ2) is 13.0. The molecule has 9 heteroatoms. The van der Waals surface area contributed by atoms with Crippen LogP contribution in [0.1, 0.15) is 35.3 Å². The average Bonchev–Trinajstić information content (AvgIpc) is 2.94. The zero-order valence-electron chi connectivity index (χ0n) is 22.5. The lowest BCUT2D eigenvalue weighted by Gasteiger charge is -2.38. The summed E-state index contributed by atoms with van der Waals surface area (Å²) >= 11 is 0. The minimum Gasteiger partial charge on any atom is -0.472 e. The molecule has 0 radical (unpaired) electrons. The first-order chi connectivity index (χ1) is 18.4. The fourth-order valence-electron chi connectivity index (χ4n) is 4.63. The summed E-state index contributed by atoms with van der Waals surface area (Å²) in [5.74, 6) is -0.0752. The molecule has 0 unspecified atom stereocenters. The van der Waals surface area contributed by atoms with Crippen LogP contribution in [0, 0.1) is 5.92 Å². The molecule has 1 aromatic carbocycles. The van der Waals surface area contributed by atoms with E-state index in [4.69, 9.17) is 9.47 Å². The van der Waals surface area contributed by atoms with Gasteiger partial charge in [0.2, 0.25) is 11.8 Å². The van der Waals surface area contributed by atoms with Crippen molar-refractivity contribution in [2.45, 2.75) is 26.0 Å². The highest BCUT2D eigenvalue weighted by molar-refractivity contribution is 5.97. The van der Waals surface area contributed by atoms with Crippen LogP contribution in [0.2, 0.25) is 0 Å². The molecule has 3 atom stereocenters. The second-order valence-electron chi connectivity index (χ2n) is 10.2. The summed E-state index contributed by atoms with van der Waals surface area (Å²) in [6.07, 6.45) is 5.17.